The first kappa shape index (κ1) is 65.2. The summed E-state index contributed by atoms with van der Waals surface area (Å²) in [5.74, 6) is -0.198. The van der Waals surface area contributed by atoms with E-state index in [9.17, 15) is 30.3 Å². The van der Waals surface area contributed by atoms with Crippen LogP contribution in [0, 0.1) is 0 Å². The summed E-state index contributed by atoms with van der Waals surface area (Å²) < 4.78 is 11.2. The Morgan fingerprint density at radius 2 is 0.826 bits per heavy atom. The van der Waals surface area contributed by atoms with Crippen molar-refractivity contribution in [2.24, 2.45) is 0 Å². The van der Waals surface area contributed by atoms with Gasteiger partial charge in [0.1, 0.15) is 24.4 Å². The van der Waals surface area contributed by atoms with Crippen molar-refractivity contribution in [3.05, 3.63) is 48.6 Å². The molecule has 0 aromatic carbocycles. The van der Waals surface area contributed by atoms with Gasteiger partial charge in [0.05, 0.1) is 25.4 Å². The predicted molar refractivity (Wildman–Crippen MR) is 290 cm³/mol. The van der Waals surface area contributed by atoms with E-state index < -0.39 is 49.5 Å². The number of aliphatic hydroxyl groups is 5. The average Bonchev–Trinajstić information content (AvgIpc) is 3.35. The minimum atomic E-state index is -1.58. The largest absolute Gasteiger partial charge is 0.394 e. The van der Waals surface area contributed by atoms with E-state index in [1.54, 1.807) is 6.08 Å². The summed E-state index contributed by atoms with van der Waals surface area (Å²) in [6.45, 7) is 3.77. The zero-order valence-corrected chi connectivity index (χ0v) is 44.8. The second-order valence-electron chi connectivity index (χ2n) is 20.4. The van der Waals surface area contributed by atoms with Gasteiger partial charge in [-0.3, -0.25) is 4.79 Å². The fraction of sp³-hybridized carbons (Fsp3) is 0.850. The number of nitrogens with one attached hydrogen (secondary N) is 1. The Bertz CT molecular complexity index is 1220. The van der Waals surface area contributed by atoms with Gasteiger partial charge in [-0.25, -0.2) is 0 Å². The van der Waals surface area contributed by atoms with Crippen LogP contribution in [0.5, 0.6) is 0 Å². The molecule has 404 valence electrons. The second kappa shape index (κ2) is 49.7. The maximum Gasteiger partial charge on any atom is 0.220 e. The van der Waals surface area contributed by atoms with Crippen molar-refractivity contribution in [1.82, 2.24) is 5.32 Å². The molecule has 1 aliphatic rings. The van der Waals surface area contributed by atoms with Crippen LogP contribution in [0.15, 0.2) is 48.6 Å². The van der Waals surface area contributed by atoms with E-state index in [1.807, 2.05) is 6.08 Å². The normalized spacial score (nSPS) is 19.8. The van der Waals surface area contributed by atoms with Crippen LogP contribution in [0.4, 0.5) is 0 Å². The minimum Gasteiger partial charge on any atom is -0.394 e. The Labute approximate surface area is 424 Å². The van der Waals surface area contributed by atoms with Crippen molar-refractivity contribution in [3.8, 4) is 0 Å². The third-order valence-corrected chi connectivity index (χ3v) is 13.9. The van der Waals surface area contributed by atoms with E-state index in [0.29, 0.717) is 6.42 Å². The van der Waals surface area contributed by atoms with Crippen molar-refractivity contribution in [2.45, 2.75) is 314 Å². The van der Waals surface area contributed by atoms with Crippen molar-refractivity contribution in [1.29, 1.82) is 0 Å². The number of amides is 1. The Kier molecular flexibility index (Phi) is 47.0. The number of rotatable bonds is 50. The van der Waals surface area contributed by atoms with Crippen molar-refractivity contribution >= 4 is 5.91 Å². The molecule has 9 nitrogen and oxygen atoms in total. The van der Waals surface area contributed by atoms with Crippen LogP contribution >= 0.6 is 0 Å². The van der Waals surface area contributed by atoms with Crippen molar-refractivity contribution in [3.63, 3.8) is 0 Å². The van der Waals surface area contributed by atoms with Crippen LogP contribution in [0.25, 0.3) is 0 Å². The first-order valence-corrected chi connectivity index (χ1v) is 29.4. The number of aliphatic hydroxyl groups excluding tert-OH is 5. The highest BCUT2D eigenvalue weighted by Crippen LogP contribution is 2.23. The highest BCUT2D eigenvalue weighted by Gasteiger charge is 2.44. The third-order valence-electron chi connectivity index (χ3n) is 13.9. The lowest BCUT2D eigenvalue weighted by molar-refractivity contribution is -0.302. The molecule has 0 aromatic rings. The summed E-state index contributed by atoms with van der Waals surface area (Å²) in [4.78, 5) is 13.0. The molecule has 7 unspecified atom stereocenters. The summed E-state index contributed by atoms with van der Waals surface area (Å²) in [5.41, 5.74) is 0. The lowest BCUT2D eigenvalue weighted by atomic mass is 9.99. The molecule has 1 fully saturated rings. The van der Waals surface area contributed by atoms with E-state index in [2.05, 4.69) is 55.6 Å². The smallest absolute Gasteiger partial charge is 0.220 e. The molecule has 1 amide bonds. The van der Waals surface area contributed by atoms with Crippen LogP contribution in [-0.4, -0.2) is 87.5 Å². The third kappa shape index (κ3) is 39.4. The first-order valence-electron chi connectivity index (χ1n) is 29.4. The molecule has 0 bridgehead atoms. The van der Waals surface area contributed by atoms with Gasteiger partial charge in [0.25, 0.3) is 0 Å². The van der Waals surface area contributed by atoms with Gasteiger partial charge in [0.2, 0.25) is 5.91 Å². The molecular formula is C60H111NO8. The molecule has 9 heteroatoms. The van der Waals surface area contributed by atoms with Crippen molar-refractivity contribution < 1.29 is 39.8 Å². The molecule has 0 radical (unpaired) electrons. The summed E-state index contributed by atoms with van der Waals surface area (Å²) >= 11 is 0. The Balaban J connectivity index is 2.23. The average molecular weight is 975 g/mol. The molecule has 1 aliphatic heterocycles. The number of hydrogen-bond donors (Lipinski definition) is 6. The topological polar surface area (TPSA) is 149 Å². The van der Waals surface area contributed by atoms with Gasteiger partial charge in [-0.15, -0.1) is 0 Å². The number of allylic oxidation sites excluding steroid dienone is 7. The fourth-order valence-electron chi connectivity index (χ4n) is 9.18. The molecule has 0 aromatic heterocycles. The van der Waals surface area contributed by atoms with E-state index in [4.69, 9.17) is 9.47 Å². The summed E-state index contributed by atoms with van der Waals surface area (Å²) in [5, 5.41) is 54.4. The molecule has 1 heterocycles. The summed E-state index contributed by atoms with van der Waals surface area (Å²) in [6, 6.07) is -0.833. The lowest BCUT2D eigenvalue weighted by Gasteiger charge is -2.40. The molecule has 6 N–H and O–H groups in total. The molecule has 0 spiro atoms. The van der Waals surface area contributed by atoms with E-state index in [-0.39, 0.29) is 12.5 Å². The molecule has 7 atom stereocenters. The molecule has 1 rings (SSSR count). The zero-order chi connectivity index (χ0) is 50.1. The molecule has 0 saturated carbocycles. The fourth-order valence-corrected chi connectivity index (χ4v) is 9.18. The Morgan fingerprint density at radius 1 is 0.478 bits per heavy atom. The van der Waals surface area contributed by atoms with Crippen LogP contribution in [0.1, 0.15) is 271 Å². The van der Waals surface area contributed by atoms with Gasteiger partial charge in [0, 0.05) is 6.42 Å². The number of unbranched alkanes of at least 4 members (excludes halogenated alkanes) is 34. The van der Waals surface area contributed by atoms with Crippen LogP contribution < -0.4 is 5.32 Å². The van der Waals surface area contributed by atoms with Gasteiger partial charge in [0.15, 0.2) is 6.29 Å². The number of hydrogen-bond acceptors (Lipinski definition) is 8. The molecule has 69 heavy (non-hydrogen) atoms. The predicted octanol–water partition coefficient (Wildman–Crippen LogP) is 14.5. The van der Waals surface area contributed by atoms with Gasteiger partial charge in [-0.1, -0.05) is 242 Å². The zero-order valence-electron chi connectivity index (χ0n) is 44.8. The van der Waals surface area contributed by atoms with Gasteiger partial charge < -0.3 is 40.3 Å². The van der Waals surface area contributed by atoms with Crippen molar-refractivity contribution in [2.75, 3.05) is 13.2 Å². The van der Waals surface area contributed by atoms with Crippen LogP contribution in [0.3, 0.4) is 0 Å². The summed E-state index contributed by atoms with van der Waals surface area (Å²) in [6.07, 6.45) is 59.1. The standard InChI is InChI=1S/C60H111NO8/c1-3-5-7-9-11-13-15-17-19-21-22-23-24-25-26-27-28-29-30-31-32-33-34-35-37-39-41-43-45-47-49-54(63)53(52-68-60-59(67)58(66)57(65)55(51-62)69-60)61-56(64)50-48-46-44-42-40-38-36-20-18-16-14-12-10-8-6-4-2/h20,33-34,36,39,41,47,49,53-55,57-60,62-63,65-67H,3-19,21-32,35,37-38,40,42-46,48,50-52H2,1-2H3,(H,61,64)/b34-33+,36-20-,41-39+,49-47+. The number of carbonyl (C=O) groups excluding carboxylic acids is 1. The van der Waals surface area contributed by atoms with Gasteiger partial charge in [-0.2, -0.15) is 0 Å². The number of ether oxygens (including phenoxy) is 2. The van der Waals surface area contributed by atoms with E-state index >= 15 is 0 Å². The minimum absolute atomic E-state index is 0.198. The van der Waals surface area contributed by atoms with E-state index in [0.717, 1.165) is 64.2 Å². The molecule has 1 saturated heterocycles. The Hall–Kier alpha value is -1.85. The van der Waals surface area contributed by atoms with Crippen LogP contribution in [0.2, 0.25) is 0 Å². The van der Waals surface area contributed by atoms with Gasteiger partial charge in [-0.05, 0) is 70.6 Å². The number of carbonyl (C=O) groups is 1. The maximum absolute atomic E-state index is 13.0. The van der Waals surface area contributed by atoms with Gasteiger partial charge >= 0.3 is 0 Å². The highest BCUT2D eigenvalue weighted by atomic mass is 16.7. The lowest BCUT2D eigenvalue weighted by Crippen LogP contribution is -2.60. The highest BCUT2D eigenvalue weighted by molar-refractivity contribution is 5.76. The monoisotopic (exact) mass is 974 g/mol. The maximum atomic E-state index is 13.0. The first-order chi connectivity index (χ1) is 33.8. The second-order valence-corrected chi connectivity index (χ2v) is 20.4. The van der Waals surface area contributed by atoms with Crippen LogP contribution in [-0.2, 0) is 14.3 Å². The Morgan fingerprint density at radius 3 is 1.22 bits per heavy atom. The SMILES string of the molecule is CCCCCCCCC/C=C\CCCCCCCC(=O)NC(COC1OC(CO)C(O)C(O)C1O)C(O)/C=C/CC/C=C/CC/C=C/CCCCCCCCCCCCCCCCCCCCCC. The van der Waals surface area contributed by atoms with E-state index in [1.165, 1.54) is 186 Å². The summed E-state index contributed by atoms with van der Waals surface area (Å²) in [7, 11) is 0. The quantitative estimate of drug-likeness (QED) is 0.0261. The molecular weight excluding hydrogens is 863 g/mol. The molecule has 0 aliphatic carbocycles.